The molecule has 6 nitrogen and oxygen atoms in total. The van der Waals surface area contributed by atoms with Crippen molar-refractivity contribution in [1.82, 2.24) is 5.43 Å². The number of methoxy groups -OCH3 is 1. The number of hydrogen-bond acceptors (Lipinski definition) is 5. The molecular formula is C20H22Br2N2O4. The Hall–Kier alpha value is -2.06. The number of phenolic OH excluding ortho intramolecular Hbond substituents is 1. The lowest BCUT2D eigenvalue weighted by atomic mass is 9.99. The van der Waals surface area contributed by atoms with Gasteiger partial charge in [-0.15, -0.1) is 0 Å². The van der Waals surface area contributed by atoms with Gasteiger partial charge < -0.3 is 14.6 Å². The summed E-state index contributed by atoms with van der Waals surface area (Å²) in [7, 11) is 1.45. The standard InChI is InChI=1S/C20H22Br2N2O4/c1-4-12(2)13-5-7-14(8-6-13)28-11-18(25)24-23-10-15-19(22)16(21)9-17(27-3)20(15)26/h5-10,12,26H,4,11H2,1-3H3,(H,24,25)/b23-10+/t12-/m1/s1. The fourth-order valence-electron chi connectivity index (χ4n) is 2.36. The number of carbonyl (C=O) groups is 1. The van der Waals surface area contributed by atoms with E-state index in [4.69, 9.17) is 9.47 Å². The highest BCUT2D eigenvalue weighted by Crippen LogP contribution is 2.39. The summed E-state index contributed by atoms with van der Waals surface area (Å²) in [6.07, 6.45) is 2.39. The van der Waals surface area contributed by atoms with E-state index in [9.17, 15) is 9.90 Å². The van der Waals surface area contributed by atoms with Crippen molar-refractivity contribution in [2.75, 3.05) is 13.7 Å². The third kappa shape index (κ3) is 5.72. The quantitative estimate of drug-likeness (QED) is 0.386. The molecule has 0 spiro atoms. The summed E-state index contributed by atoms with van der Waals surface area (Å²) in [5.74, 6) is 0.877. The van der Waals surface area contributed by atoms with Crippen LogP contribution in [0.2, 0.25) is 0 Å². The van der Waals surface area contributed by atoms with E-state index in [1.165, 1.54) is 18.9 Å². The Morgan fingerprint density at radius 3 is 2.61 bits per heavy atom. The van der Waals surface area contributed by atoms with Crippen molar-refractivity contribution in [3.05, 3.63) is 50.4 Å². The number of halogens is 2. The van der Waals surface area contributed by atoms with Gasteiger partial charge in [0.05, 0.1) is 18.9 Å². The second-order valence-corrected chi connectivity index (χ2v) is 7.74. The monoisotopic (exact) mass is 512 g/mol. The first-order chi connectivity index (χ1) is 13.4. The van der Waals surface area contributed by atoms with Gasteiger partial charge in [-0.2, -0.15) is 5.10 Å². The fourth-order valence-corrected chi connectivity index (χ4v) is 3.19. The number of hydrazone groups is 1. The minimum absolute atomic E-state index is 0.0896. The first-order valence-corrected chi connectivity index (χ1v) is 10.3. The predicted molar refractivity (Wildman–Crippen MR) is 116 cm³/mol. The van der Waals surface area contributed by atoms with Crippen molar-refractivity contribution in [1.29, 1.82) is 0 Å². The Morgan fingerprint density at radius 1 is 1.32 bits per heavy atom. The lowest BCUT2D eigenvalue weighted by molar-refractivity contribution is -0.123. The second kappa shape index (κ2) is 10.5. The van der Waals surface area contributed by atoms with Crippen LogP contribution in [-0.4, -0.2) is 30.9 Å². The van der Waals surface area contributed by atoms with Crippen LogP contribution in [0.25, 0.3) is 0 Å². The second-order valence-electron chi connectivity index (χ2n) is 6.10. The van der Waals surface area contributed by atoms with Crippen molar-refractivity contribution < 1.29 is 19.4 Å². The zero-order valence-corrected chi connectivity index (χ0v) is 19.0. The normalized spacial score (nSPS) is 12.0. The van der Waals surface area contributed by atoms with Gasteiger partial charge in [0.25, 0.3) is 5.91 Å². The molecule has 28 heavy (non-hydrogen) atoms. The minimum atomic E-state index is -0.417. The summed E-state index contributed by atoms with van der Waals surface area (Å²) in [6, 6.07) is 9.32. The molecule has 0 unspecified atom stereocenters. The first kappa shape index (κ1) is 22.2. The number of benzene rings is 2. The summed E-state index contributed by atoms with van der Waals surface area (Å²) in [5, 5.41) is 14.1. The number of ether oxygens (including phenoxy) is 2. The lowest BCUT2D eigenvalue weighted by Crippen LogP contribution is -2.24. The number of phenols is 1. The molecule has 0 aliphatic heterocycles. The van der Waals surface area contributed by atoms with Crippen LogP contribution in [0.1, 0.15) is 37.3 Å². The van der Waals surface area contributed by atoms with E-state index in [2.05, 4.69) is 56.2 Å². The van der Waals surface area contributed by atoms with Gasteiger partial charge >= 0.3 is 0 Å². The molecule has 0 heterocycles. The molecule has 1 amide bonds. The smallest absolute Gasteiger partial charge is 0.277 e. The molecule has 8 heteroatoms. The number of nitrogens with zero attached hydrogens (tertiary/aromatic N) is 1. The van der Waals surface area contributed by atoms with Crippen LogP contribution in [0.5, 0.6) is 17.2 Å². The van der Waals surface area contributed by atoms with Crippen LogP contribution in [0.4, 0.5) is 0 Å². The number of hydrogen-bond donors (Lipinski definition) is 2. The molecule has 2 aromatic rings. The molecule has 2 rings (SSSR count). The molecule has 0 aliphatic carbocycles. The molecule has 150 valence electrons. The highest BCUT2D eigenvalue weighted by Gasteiger charge is 2.14. The summed E-state index contributed by atoms with van der Waals surface area (Å²) in [5.41, 5.74) is 3.97. The number of carbonyl (C=O) groups excluding carboxylic acids is 1. The highest BCUT2D eigenvalue weighted by molar-refractivity contribution is 9.13. The van der Waals surface area contributed by atoms with Gasteiger partial charge in [0.15, 0.2) is 18.1 Å². The molecule has 1 atom stereocenters. The summed E-state index contributed by atoms with van der Waals surface area (Å²) in [6.45, 7) is 4.13. The number of nitrogens with one attached hydrogen (secondary N) is 1. The average molecular weight is 514 g/mol. The van der Waals surface area contributed by atoms with E-state index in [0.717, 1.165) is 6.42 Å². The molecule has 0 saturated carbocycles. The molecule has 0 aliphatic rings. The molecule has 2 aromatic carbocycles. The number of amides is 1. The van der Waals surface area contributed by atoms with E-state index in [-0.39, 0.29) is 18.1 Å². The van der Waals surface area contributed by atoms with Crippen molar-refractivity contribution >= 4 is 44.0 Å². The maximum atomic E-state index is 11.9. The first-order valence-electron chi connectivity index (χ1n) is 8.66. The third-order valence-electron chi connectivity index (χ3n) is 4.23. The predicted octanol–water partition coefficient (Wildman–Crippen LogP) is 4.97. The molecule has 0 aromatic heterocycles. The fraction of sp³-hybridized carbons (Fsp3) is 0.300. The zero-order chi connectivity index (χ0) is 20.7. The van der Waals surface area contributed by atoms with Gasteiger partial charge in [-0.25, -0.2) is 5.43 Å². The average Bonchev–Trinajstić information content (AvgIpc) is 2.71. The van der Waals surface area contributed by atoms with Crippen LogP contribution in [-0.2, 0) is 4.79 Å². The van der Waals surface area contributed by atoms with E-state index in [1.807, 2.05) is 24.3 Å². The maximum absolute atomic E-state index is 11.9. The molecule has 0 saturated heterocycles. The topological polar surface area (TPSA) is 80.2 Å². The number of aromatic hydroxyl groups is 1. The maximum Gasteiger partial charge on any atom is 0.277 e. The summed E-state index contributed by atoms with van der Waals surface area (Å²) < 4.78 is 11.8. The van der Waals surface area contributed by atoms with E-state index in [0.29, 0.717) is 26.2 Å². The summed E-state index contributed by atoms with van der Waals surface area (Å²) in [4.78, 5) is 11.9. The lowest BCUT2D eigenvalue weighted by Gasteiger charge is -2.10. The summed E-state index contributed by atoms with van der Waals surface area (Å²) >= 11 is 6.71. The van der Waals surface area contributed by atoms with E-state index in [1.54, 1.807) is 6.07 Å². The Kier molecular flexibility index (Phi) is 8.32. The van der Waals surface area contributed by atoms with Gasteiger partial charge in [-0.1, -0.05) is 26.0 Å². The third-order valence-corrected chi connectivity index (χ3v) is 6.24. The molecule has 0 bridgehead atoms. The van der Waals surface area contributed by atoms with Crippen LogP contribution >= 0.6 is 31.9 Å². The van der Waals surface area contributed by atoms with E-state index < -0.39 is 5.91 Å². The van der Waals surface area contributed by atoms with E-state index >= 15 is 0 Å². The van der Waals surface area contributed by atoms with Crippen molar-refractivity contribution in [3.63, 3.8) is 0 Å². The molecular weight excluding hydrogens is 492 g/mol. The van der Waals surface area contributed by atoms with Gasteiger partial charge in [0.1, 0.15) is 5.75 Å². The molecule has 0 radical (unpaired) electrons. The van der Waals surface area contributed by atoms with Gasteiger partial charge in [-0.05, 0) is 68.0 Å². The van der Waals surface area contributed by atoms with Crippen LogP contribution in [0, 0.1) is 0 Å². The zero-order valence-electron chi connectivity index (χ0n) is 15.8. The van der Waals surface area contributed by atoms with Gasteiger partial charge in [0.2, 0.25) is 0 Å². The SMILES string of the molecule is CC[C@@H](C)c1ccc(OCC(=O)N/N=C/c2c(O)c(OC)cc(Br)c2Br)cc1. The highest BCUT2D eigenvalue weighted by atomic mass is 79.9. The van der Waals surface area contributed by atoms with Crippen LogP contribution in [0.15, 0.2) is 44.4 Å². The minimum Gasteiger partial charge on any atom is -0.504 e. The Balaban J connectivity index is 1.93. The van der Waals surface area contributed by atoms with Gasteiger partial charge in [0, 0.05) is 8.95 Å². The molecule has 2 N–H and O–H groups in total. The van der Waals surface area contributed by atoms with Crippen LogP contribution < -0.4 is 14.9 Å². The Morgan fingerprint density at radius 2 is 2.00 bits per heavy atom. The van der Waals surface area contributed by atoms with Crippen molar-refractivity contribution in [3.8, 4) is 17.2 Å². The Bertz CT molecular complexity index is 854. The molecule has 0 fully saturated rings. The van der Waals surface area contributed by atoms with Crippen LogP contribution in [0.3, 0.4) is 0 Å². The Labute approximate surface area is 181 Å². The van der Waals surface area contributed by atoms with Gasteiger partial charge in [-0.3, -0.25) is 4.79 Å². The van der Waals surface area contributed by atoms with Crippen molar-refractivity contribution in [2.45, 2.75) is 26.2 Å². The number of rotatable bonds is 8. The van der Waals surface area contributed by atoms with Crippen molar-refractivity contribution in [2.24, 2.45) is 5.10 Å². The largest absolute Gasteiger partial charge is 0.504 e.